The van der Waals surface area contributed by atoms with Gasteiger partial charge in [0.05, 0.1) is 22.2 Å². The zero-order chi connectivity index (χ0) is 14.8. The van der Waals surface area contributed by atoms with E-state index in [2.05, 4.69) is 20.7 Å². The Kier molecular flexibility index (Phi) is 4.12. The first-order valence-electron chi connectivity index (χ1n) is 5.71. The summed E-state index contributed by atoms with van der Waals surface area (Å²) in [5.41, 5.74) is 1.76. The maximum Gasteiger partial charge on any atom is 0.261 e. The van der Waals surface area contributed by atoms with E-state index in [1.807, 2.05) is 19.1 Å². The highest BCUT2D eigenvalue weighted by Gasteiger charge is 2.15. The van der Waals surface area contributed by atoms with Crippen molar-refractivity contribution in [2.24, 2.45) is 0 Å². The Hall–Kier alpha value is -1.84. The summed E-state index contributed by atoms with van der Waals surface area (Å²) in [5, 5.41) is 8.71. The number of rotatable bonds is 3. The van der Waals surface area contributed by atoms with E-state index in [0.717, 1.165) is 10.0 Å². The van der Waals surface area contributed by atoms with E-state index in [9.17, 15) is 8.42 Å². The van der Waals surface area contributed by atoms with Gasteiger partial charge in [0.15, 0.2) is 0 Å². The number of nitrogens with zero attached hydrogens (tertiary/aromatic N) is 1. The van der Waals surface area contributed by atoms with Crippen molar-refractivity contribution in [1.29, 1.82) is 5.26 Å². The topological polar surface area (TPSA) is 70.0 Å². The standard InChI is InChI=1S/C14H11BrN2O2S/c1-10-8-12(15)4-7-14(10)17-20(18,19)13-5-2-11(9-16)3-6-13/h2-8,17H,1H3. The van der Waals surface area contributed by atoms with Gasteiger partial charge < -0.3 is 0 Å². The second-order valence-electron chi connectivity index (χ2n) is 4.20. The van der Waals surface area contributed by atoms with Crippen LogP contribution in [0.15, 0.2) is 51.8 Å². The molecule has 4 nitrogen and oxygen atoms in total. The van der Waals surface area contributed by atoms with E-state index in [1.165, 1.54) is 24.3 Å². The van der Waals surface area contributed by atoms with Crippen molar-refractivity contribution in [3.63, 3.8) is 0 Å². The first-order valence-corrected chi connectivity index (χ1v) is 7.99. The molecule has 0 radical (unpaired) electrons. The number of aryl methyl sites for hydroxylation is 1. The lowest BCUT2D eigenvalue weighted by molar-refractivity contribution is 0.601. The third kappa shape index (κ3) is 3.18. The molecule has 0 aromatic heterocycles. The van der Waals surface area contributed by atoms with Crippen LogP contribution in [0.1, 0.15) is 11.1 Å². The molecule has 102 valence electrons. The van der Waals surface area contributed by atoms with Crippen LogP contribution in [0.5, 0.6) is 0 Å². The summed E-state index contributed by atoms with van der Waals surface area (Å²) in [6, 6.07) is 13.0. The Balaban J connectivity index is 2.33. The summed E-state index contributed by atoms with van der Waals surface area (Å²) >= 11 is 3.33. The molecule has 0 aliphatic carbocycles. The van der Waals surface area contributed by atoms with E-state index >= 15 is 0 Å². The Bertz CT molecular complexity index is 778. The molecule has 0 fully saturated rings. The minimum atomic E-state index is -3.65. The van der Waals surface area contributed by atoms with Crippen LogP contribution < -0.4 is 4.72 Å². The van der Waals surface area contributed by atoms with Crippen molar-refractivity contribution in [3.05, 3.63) is 58.1 Å². The molecule has 2 aromatic carbocycles. The normalized spacial score (nSPS) is 10.8. The molecule has 0 aliphatic heterocycles. The smallest absolute Gasteiger partial charge is 0.261 e. The first-order chi connectivity index (χ1) is 9.42. The van der Waals surface area contributed by atoms with Gasteiger partial charge in [0.2, 0.25) is 0 Å². The van der Waals surface area contributed by atoms with Gasteiger partial charge in [-0.2, -0.15) is 5.26 Å². The molecule has 0 heterocycles. The van der Waals surface area contributed by atoms with Crippen molar-refractivity contribution in [2.75, 3.05) is 4.72 Å². The van der Waals surface area contributed by atoms with Gasteiger partial charge in [0.25, 0.3) is 10.0 Å². The predicted molar refractivity (Wildman–Crippen MR) is 80.8 cm³/mol. The van der Waals surface area contributed by atoms with Gasteiger partial charge in [-0.1, -0.05) is 15.9 Å². The number of sulfonamides is 1. The molecule has 0 saturated heterocycles. The zero-order valence-electron chi connectivity index (χ0n) is 10.6. The van der Waals surface area contributed by atoms with Crippen molar-refractivity contribution in [1.82, 2.24) is 0 Å². The number of hydrogen-bond donors (Lipinski definition) is 1. The number of benzene rings is 2. The fourth-order valence-electron chi connectivity index (χ4n) is 1.65. The SMILES string of the molecule is Cc1cc(Br)ccc1NS(=O)(=O)c1ccc(C#N)cc1. The summed E-state index contributed by atoms with van der Waals surface area (Å²) < 4.78 is 27.9. The highest BCUT2D eigenvalue weighted by molar-refractivity contribution is 9.10. The molecule has 0 amide bonds. The number of nitrogens with one attached hydrogen (secondary N) is 1. The quantitative estimate of drug-likeness (QED) is 0.921. The van der Waals surface area contributed by atoms with Crippen LogP contribution in [-0.2, 0) is 10.0 Å². The van der Waals surface area contributed by atoms with Crippen LogP contribution in [0.2, 0.25) is 0 Å². The summed E-state index contributed by atoms with van der Waals surface area (Å²) in [7, 11) is -3.65. The lowest BCUT2D eigenvalue weighted by Crippen LogP contribution is -2.13. The maximum atomic E-state index is 12.2. The predicted octanol–water partition coefficient (Wildman–Crippen LogP) is 3.43. The highest BCUT2D eigenvalue weighted by atomic mass is 79.9. The van der Waals surface area contributed by atoms with E-state index in [0.29, 0.717) is 11.3 Å². The molecule has 6 heteroatoms. The van der Waals surface area contributed by atoms with Gasteiger partial charge in [-0.05, 0) is 55.0 Å². The molecule has 2 aromatic rings. The summed E-state index contributed by atoms with van der Waals surface area (Å²) in [6.07, 6.45) is 0. The molecule has 20 heavy (non-hydrogen) atoms. The average Bonchev–Trinajstić information content (AvgIpc) is 2.42. The van der Waals surface area contributed by atoms with Crippen LogP contribution in [0.3, 0.4) is 0 Å². The number of halogens is 1. The summed E-state index contributed by atoms with van der Waals surface area (Å²) in [4.78, 5) is 0.124. The van der Waals surface area contributed by atoms with Crippen molar-refractivity contribution >= 4 is 31.6 Å². The summed E-state index contributed by atoms with van der Waals surface area (Å²) in [5.74, 6) is 0. The Morgan fingerprint density at radius 2 is 1.80 bits per heavy atom. The third-order valence-electron chi connectivity index (χ3n) is 2.73. The van der Waals surface area contributed by atoms with Crippen molar-refractivity contribution in [2.45, 2.75) is 11.8 Å². The molecular formula is C14H11BrN2O2S. The van der Waals surface area contributed by atoms with Crippen LogP contribution in [0, 0.1) is 18.3 Å². The second-order valence-corrected chi connectivity index (χ2v) is 6.80. The van der Waals surface area contributed by atoms with Gasteiger partial charge >= 0.3 is 0 Å². The lowest BCUT2D eigenvalue weighted by atomic mass is 10.2. The molecule has 0 unspecified atom stereocenters. The van der Waals surface area contributed by atoms with Crippen LogP contribution in [0.25, 0.3) is 0 Å². The molecule has 1 N–H and O–H groups in total. The van der Waals surface area contributed by atoms with Crippen LogP contribution in [-0.4, -0.2) is 8.42 Å². The molecule has 0 spiro atoms. The molecule has 0 bridgehead atoms. The fourth-order valence-corrected chi connectivity index (χ4v) is 3.26. The highest BCUT2D eigenvalue weighted by Crippen LogP contribution is 2.23. The largest absolute Gasteiger partial charge is 0.279 e. The van der Waals surface area contributed by atoms with Gasteiger partial charge in [0, 0.05) is 4.47 Å². The van der Waals surface area contributed by atoms with E-state index < -0.39 is 10.0 Å². The summed E-state index contributed by atoms with van der Waals surface area (Å²) in [6.45, 7) is 1.82. The van der Waals surface area contributed by atoms with Crippen molar-refractivity contribution < 1.29 is 8.42 Å². The molecule has 0 saturated carbocycles. The fraction of sp³-hybridized carbons (Fsp3) is 0.0714. The Labute approximate surface area is 126 Å². The van der Waals surface area contributed by atoms with Gasteiger partial charge in [0.1, 0.15) is 0 Å². The van der Waals surface area contributed by atoms with E-state index in [1.54, 1.807) is 12.1 Å². The minimum Gasteiger partial charge on any atom is -0.279 e. The van der Waals surface area contributed by atoms with E-state index in [4.69, 9.17) is 5.26 Å². The number of hydrogen-bond acceptors (Lipinski definition) is 3. The zero-order valence-corrected chi connectivity index (χ0v) is 13.0. The monoisotopic (exact) mass is 350 g/mol. The molecule has 0 atom stereocenters. The Morgan fingerprint density at radius 3 is 2.35 bits per heavy atom. The second kappa shape index (κ2) is 5.65. The van der Waals surface area contributed by atoms with Gasteiger partial charge in [-0.15, -0.1) is 0 Å². The number of nitriles is 1. The maximum absolute atomic E-state index is 12.2. The van der Waals surface area contributed by atoms with Crippen molar-refractivity contribution in [3.8, 4) is 6.07 Å². The molecule has 0 aliphatic rings. The van der Waals surface area contributed by atoms with Crippen LogP contribution >= 0.6 is 15.9 Å². The minimum absolute atomic E-state index is 0.124. The Morgan fingerprint density at radius 1 is 1.15 bits per heavy atom. The molecular weight excluding hydrogens is 340 g/mol. The first kappa shape index (κ1) is 14.6. The number of anilines is 1. The van der Waals surface area contributed by atoms with Gasteiger partial charge in [-0.3, -0.25) is 4.72 Å². The van der Waals surface area contributed by atoms with E-state index in [-0.39, 0.29) is 4.90 Å². The third-order valence-corrected chi connectivity index (χ3v) is 4.60. The lowest BCUT2D eigenvalue weighted by Gasteiger charge is -2.10. The van der Waals surface area contributed by atoms with Gasteiger partial charge in [-0.25, -0.2) is 8.42 Å². The van der Waals surface area contributed by atoms with Crippen LogP contribution in [0.4, 0.5) is 5.69 Å². The average molecular weight is 351 g/mol. The molecule has 2 rings (SSSR count).